The van der Waals surface area contributed by atoms with Gasteiger partial charge in [0.1, 0.15) is 0 Å². The van der Waals surface area contributed by atoms with E-state index < -0.39 is 0 Å². The van der Waals surface area contributed by atoms with Crippen molar-refractivity contribution in [3.8, 4) is 0 Å². The largest absolute Gasteiger partial charge is 0.355 e. The topological polar surface area (TPSA) is 53.1 Å². The highest BCUT2D eigenvalue weighted by atomic mass is 15.4. The van der Waals surface area contributed by atoms with Gasteiger partial charge in [0.15, 0.2) is 5.82 Å². The van der Waals surface area contributed by atoms with E-state index in [1.165, 1.54) is 12.8 Å². The van der Waals surface area contributed by atoms with Gasteiger partial charge < -0.3 is 4.90 Å². The first-order valence-corrected chi connectivity index (χ1v) is 6.40. The van der Waals surface area contributed by atoms with Gasteiger partial charge in [-0.3, -0.25) is 15.8 Å². The van der Waals surface area contributed by atoms with E-state index in [2.05, 4.69) is 32.6 Å². The Morgan fingerprint density at radius 1 is 1.24 bits per heavy atom. The maximum atomic E-state index is 4.57. The van der Waals surface area contributed by atoms with Gasteiger partial charge in [0.05, 0.1) is 5.69 Å². The molecule has 2 atom stereocenters. The summed E-state index contributed by atoms with van der Waals surface area (Å²) in [7, 11) is 0. The van der Waals surface area contributed by atoms with Crippen LogP contribution in [0.5, 0.6) is 0 Å². The van der Waals surface area contributed by atoms with Crippen LogP contribution in [0.2, 0.25) is 0 Å². The third kappa shape index (κ3) is 2.00. The van der Waals surface area contributed by atoms with Gasteiger partial charge in [-0.1, -0.05) is 0 Å². The maximum Gasteiger partial charge on any atom is 0.150 e. The molecule has 2 fully saturated rings. The molecule has 5 nitrogen and oxygen atoms in total. The highest BCUT2D eigenvalue weighted by Gasteiger charge is 2.30. The Morgan fingerprint density at radius 3 is 2.71 bits per heavy atom. The molecule has 0 saturated carbocycles. The van der Waals surface area contributed by atoms with Crippen LogP contribution in [-0.4, -0.2) is 35.6 Å². The summed E-state index contributed by atoms with van der Waals surface area (Å²) in [6.07, 6.45) is 6.15. The van der Waals surface area contributed by atoms with E-state index in [0.717, 1.165) is 31.1 Å². The number of aromatic nitrogens is 2. The number of hydrogen-bond acceptors (Lipinski definition) is 5. The molecular weight excluding hydrogens is 214 g/mol. The molecule has 2 aliphatic rings. The van der Waals surface area contributed by atoms with Crippen LogP contribution >= 0.6 is 0 Å². The fourth-order valence-electron chi connectivity index (χ4n) is 2.72. The van der Waals surface area contributed by atoms with Gasteiger partial charge in [0.2, 0.25) is 0 Å². The Hall–Kier alpha value is -1.20. The van der Waals surface area contributed by atoms with Crippen molar-refractivity contribution in [2.24, 2.45) is 0 Å². The number of nitrogens with zero attached hydrogens (tertiary/aromatic N) is 3. The molecule has 3 rings (SSSR count). The second kappa shape index (κ2) is 4.58. The van der Waals surface area contributed by atoms with Crippen LogP contribution in [-0.2, 0) is 0 Å². The lowest BCUT2D eigenvalue weighted by molar-refractivity contribution is 0.563. The van der Waals surface area contributed by atoms with E-state index in [4.69, 9.17) is 0 Å². The van der Waals surface area contributed by atoms with Crippen molar-refractivity contribution in [1.82, 2.24) is 20.8 Å². The van der Waals surface area contributed by atoms with Crippen LogP contribution in [0, 0.1) is 0 Å². The van der Waals surface area contributed by atoms with Crippen molar-refractivity contribution in [3.63, 3.8) is 0 Å². The minimum atomic E-state index is 0.410. The molecule has 0 bridgehead atoms. The lowest BCUT2D eigenvalue weighted by atomic mass is 9.99. The van der Waals surface area contributed by atoms with Gasteiger partial charge in [-0.15, -0.1) is 0 Å². The number of rotatable bonds is 2. The zero-order chi connectivity index (χ0) is 11.7. The van der Waals surface area contributed by atoms with Gasteiger partial charge in [0, 0.05) is 44.0 Å². The molecule has 1 aromatic heterocycles. The smallest absolute Gasteiger partial charge is 0.150 e. The Kier molecular flexibility index (Phi) is 2.94. The van der Waals surface area contributed by atoms with E-state index in [-0.39, 0.29) is 0 Å². The van der Waals surface area contributed by atoms with Gasteiger partial charge in [-0.2, -0.15) is 0 Å². The average Bonchev–Trinajstić information content (AvgIpc) is 3.00. The molecule has 1 aromatic rings. The lowest BCUT2D eigenvalue weighted by Crippen LogP contribution is -2.29. The van der Waals surface area contributed by atoms with Gasteiger partial charge in [-0.05, 0) is 19.8 Å². The van der Waals surface area contributed by atoms with Gasteiger partial charge in [0.25, 0.3) is 0 Å². The summed E-state index contributed by atoms with van der Waals surface area (Å²) in [4.78, 5) is 11.5. The van der Waals surface area contributed by atoms with Crippen molar-refractivity contribution >= 4 is 5.82 Å². The Morgan fingerprint density at radius 2 is 2.00 bits per heavy atom. The predicted octanol–water partition coefficient (Wildman–Crippen LogP) is 0.657. The first kappa shape index (κ1) is 10.9. The van der Waals surface area contributed by atoms with E-state index in [9.17, 15) is 0 Å². The molecule has 3 heterocycles. The summed E-state index contributed by atoms with van der Waals surface area (Å²) in [5.74, 6) is 1.51. The summed E-state index contributed by atoms with van der Waals surface area (Å²) in [5, 5.41) is 0. The monoisotopic (exact) mass is 233 g/mol. The van der Waals surface area contributed by atoms with Crippen LogP contribution in [0.3, 0.4) is 0 Å². The molecule has 0 aliphatic carbocycles. The van der Waals surface area contributed by atoms with Crippen LogP contribution in [0.15, 0.2) is 12.4 Å². The molecule has 0 amide bonds. The SMILES string of the molecule is CC1NNCC1c1nccnc1N1CCCC1. The highest BCUT2D eigenvalue weighted by molar-refractivity contribution is 5.46. The zero-order valence-corrected chi connectivity index (χ0v) is 10.2. The number of nitrogens with one attached hydrogen (secondary N) is 2. The lowest BCUT2D eigenvalue weighted by Gasteiger charge is -2.22. The van der Waals surface area contributed by atoms with Crippen LogP contribution in [0.4, 0.5) is 5.82 Å². The van der Waals surface area contributed by atoms with Crippen LogP contribution < -0.4 is 15.8 Å². The number of anilines is 1. The molecule has 0 aromatic carbocycles. The summed E-state index contributed by atoms with van der Waals surface area (Å²) in [6, 6.07) is 0.410. The maximum absolute atomic E-state index is 4.57. The normalized spacial score (nSPS) is 28.9. The fraction of sp³-hybridized carbons (Fsp3) is 0.667. The minimum Gasteiger partial charge on any atom is -0.355 e. The molecule has 0 radical (unpaired) electrons. The highest BCUT2D eigenvalue weighted by Crippen LogP contribution is 2.29. The van der Waals surface area contributed by atoms with Crippen molar-refractivity contribution in [2.75, 3.05) is 24.5 Å². The van der Waals surface area contributed by atoms with Gasteiger partial charge >= 0.3 is 0 Å². The quantitative estimate of drug-likeness (QED) is 0.786. The summed E-state index contributed by atoms with van der Waals surface area (Å²) in [6.45, 7) is 5.36. The van der Waals surface area contributed by atoms with Crippen LogP contribution in [0.1, 0.15) is 31.4 Å². The number of hydrazine groups is 1. The summed E-state index contributed by atoms with van der Waals surface area (Å²) >= 11 is 0. The first-order chi connectivity index (χ1) is 8.36. The third-order valence-corrected chi connectivity index (χ3v) is 3.72. The van der Waals surface area contributed by atoms with Crippen molar-refractivity contribution < 1.29 is 0 Å². The van der Waals surface area contributed by atoms with E-state index in [1.807, 2.05) is 0 Å². The average molecular weight is 233 g/mol. The van der Waals surface area contributed by atoms with Crippen molar-refractivity contribution in [3.05, 3.63) is 18.1 Å². The Balaban J connectivity index is 1.92. The molecule has 2 unspecified atom stereocenters. The van der Waals surface area contributed by atoms with Crippen molar-refractivity contribution in [1.29, 1.82) is 0 Å². The molecule has 2 N–H and O–H groups in total. The molecule has 0 spiro atoms. The van der Waals surface area contributed by atoms with Gasteiger partial charge in [-0.25, -0.2) is 4.98 Å². The first-order valence-electron chi connectivity index (χ1n) is 6.40. The zero-order valence-electron chi connectivity index (χ0n) is 10.2. The molecule has 17 heavy (non-hydrogen) atoms. The Bertz CT molecular complexity index is 388. The van der Waals surface area contributed by atoms with E-state index >= 15 is 0 Å². The number of hydrogen-bond donors (Lipinski definition) is 2. The third-order valence-electron chi connectivity index (χ3n) is 3.72. The van der Waals surface area contributed by atoms with E-state index in [0.29, 0.717) is 12.0 Å². The Labute approximate surface area is 102 Å². The fourth-order valence-corrected chi connectivity index (χ4v) is 2.72. The van der Waals surface area contributed by atoms with E-state index in [1.54, 1.807) is 12.4 Å². The molecule has 2 aliphatic heterocycles. The second-order valence-electron chi connectivity index (χ2n) is 4.88. The minimum absolute atomic E-state index is 0.410. The molecule has 92 valence electrons. The van der Waals surface area contributed by atoms with Crippen molar-refractivity contribution in [2.45, 2.75) is 31.7 Å². The van der Waals surface area contributed by atoms with Crippen LogP contribution in [0.25, 0.3) is 0 Å². The standard InChI is InChI=1S/C12H19N5/c1-9-10(8-15-16-9)11-12(14-5-4-13-11)17-6-2-3-7-17/h4-5,9-10,15-16H,2-3,6-8H2,1H3. The predicted molar refractivity (Wildman–Crippen MR) is 66.8 cm³/mol. The summed E-state index contributed by atoms with van der Waals surface area (Å²) in [5.41, 5.74) is 7.59. The molecule has 5 heteroatoms. The molecular formula is C12H19N5. The second-order valence-corrected chi connectivity index (χ2v) is 4.88. The molecule has 2 saturated heterocycles. The summed E-state index contributed by atoms with van der Waals surface area (Å²) < 4.78 is 0.